The van der Waals surface area contributed by atoms with E-state index in [1.54, 1.807) is 6.07 Å². The smallest absolute Gasteiger partial charge is 0.242 e. The van der Waals surface area contributed by atoms with Crippen LogP contribution < -0.4 is 10.5 Å². The summed E-state index contributed by atoms with van der Waals surface area (Å²) in [6.45, 7) is 0.265. The van der Waals surface area contributed by atoms with Crippen LogP contribution in [-0.4, -0.2) is 25.0 Å². The maximum Gasteiger partial charge on any atom is 0.242 e. The molecule has 3 rings (SSSR count). The minimum absolute atomic E-state index is 0.0574. The summed E-state index contributed by atoms with van der Waals surface area (Å²) >= 11 is 0. The molecule has 7 nitrogen and oxygen atoms in total. The van der Waals surface area contributed by atoms with Gasteiger partial charge >= 0.3 is 0 Å². The summed E-state index contributed by atoms with van der Waals surface area (Å²) in [6, 6.07) is 4.51. The Kier molecular flexibility index (Phi) is 2.76. The molecule has 0 saturated heterocycles. The SMILES string of the molecule is NCc1ccc(Oc2cncc3nnnn23)c(F)c1. The van der Waals surface area contributed by atoms with Crippen LogP contribution in [0.2, 0.25) is 0 Å². The molecule has 2 N–H and O–H groups in total. The lowest BCUT2D eigenvalue weighted by atomic mass is 10.2. The van der Waals surface area contributed by atoms with E-state index < -0.39 is 5.82 Å². The van der Waals surface area contributed by atoms with Gasteiger partial charge in [-0.3, -0.25) is 4.98 Å². The molecule has 96 valence electrons. The summed E-state index contributed by atoms with van der Waals surface area (Å²) in [5, 5.41) is 10.9. The molecule has 0 aliphatic rings. The van der Waals surface area contributed by atoms with E-state index in [4.69, 9.17) is 10.5 Å². The number of benzene rings is 1. The highest BCUT2D eigenvalue weighted by molar-refractivity contribution is 5.37. The van der Waals surface area contributed by atoms with Crippen LogP contribution in [0.1, 0.15) is 5.56 Å². The van der Waals surface area contributed by atoms with Crippen molar-refractivity contribution in [2.24, 2.45) is 5.73 Å². The van der Waals surface area contributed by atoms with Gasteiger partial charge in [-0.25, -0.2) is 4.39 Å². The van der Waals surface area contributed by atoms with Crippen molar-refractivity contribution in [1.29, 1.82) is 0 Å². The molecule has 2 heterocycles. The normalized spacial score (nSPS) is 10.8. The van der Waals surface area contributed by atoms with Gasteiger partial charge in [-0.05, 0) is 28.1 Å². The third kappa shape index (κ3) is 2.08. The van der Waals surface area contributed by atoms with Gasteiger partial charge in [0.25, 0.3) is 0 Å². The first-order valence-corrected chi connectivity index (χ1v) is 5.46. The Morgan fingerprint density at radius 1 is 1.32 bits per heavy atom. The van der Waals surface area contributed by atoms with Crippen LogP contribution >= 0.6 is 0 Å². The van der Waals surface area contributed by atoms with E-state index in [9.17, 15) is 4.39 Å². The van der Waals surface area contributed by atoms with Gasteiger partial charge in [-0.1, -0.05) is 6.07 Å². The minimum Gasteiger partial charge on any atom is -0.434 e. The Morgan fingerprint density at radius 2 is 2.21 bits per heavy atom. The summed E-state index contributed by atoms with van der Waals surface area (Å²) in [4.78, 5) is 3.91. The summed E-state index contributed by atoms with van der Waals surface area (Å²) in [7, 11) is 0. The highest BCUT2D eigenvalue weighted by Crippen LogP contribution is 2.24. The lowest BCUT2D eigenvalue weighted by Gasteiger charge is -2.07. The van der Waals surface area contributed by atoms with E-state index in [2.05, 4.69) is 20.5 Å². The van der Waals surface area contributed by atoms with E-state index in [0.717, 1.165) is 0 Å². The molecule has 2 aromatic heterocycles. The summed E-state index contributed by atoms with van der Waals surface area (Å²) in [6.07, 6.45) is 2.88. The van der Waals surface area contributed by atoms with Crippen LogP contribution in [0.25, 0.3) is 5.65 Å². The largest absolute Gasteiger partial charge is 0.434 e. The molecule has 19 heavy (non-hydrogen) atoms. The third-order valence-corrected chi connectivity index (χ3v) is 2.52. The van der Waals surface area contributed by atoms with Gasteiger partial charge in [0.1, 0.15) is 0 Å². The second kappa shape index (κ2) is 4.58. The van der Waals surface area contributed by atoms with Crippen molar-refractivity contribution in [3.05, 3.63) is 42.0 Å². The predicted molar refractivity (Wildman–Crippen MR) is 62.9 cm³/mol. The van der Waals surface area contributed by atoms with Crippen molar-refractivity contribution >= 4 is 5.65 Å². The van der Waals surface area contributed by atoms with Crippen molar-refractivity contribution < 1.29 is 9.13 Å². The molecular formula is C11H9FN6O. The first kappa shape index (κ1) is 11.5. The van der Waals surface area contributed by atoms with E-state index >= 15 is 0 Å². The van der Waals surface area contributed by atoms with Crippen molar-refractivity contribution in [3.63, 3.8) is 0 Å². The molecule has 0 aliphatic carbocycles. The maximum absolute atomic E-state index is 13.8. The third-order valence-electron chi connectivity index (χ3n) is 2.52. The molecule has 0 spiro atoms. The van der Waals surface area contributed by atoms with E-state index in [1.165, 1.54) is 29.0 Å². The van der Waals surface area contributed by atoms with Crippen LogP contribution in [0, 0.1) is 5.82 Å². The number of aromatic nitrogens is 5. The predicted octanol–water partition coefficient (Wildman–Crippen LogP) is 0.909. The van der Waals surface area contributed by atoms with E-state index in [-0.39, 0.29) is 18.2 Å². The molecule has 0 atom stereocenters. The average molecular weight is 260 g/mol. The minimum atomic E-state index is -0.506. The van der Waals surface area contributed by atoms with Gasteiger partial charge < -0.3 is 10.5 Å². The summed E-state index contributed by atoms with van der Waals surface area (Å²) in [5.41, 5.74) is 6.53. The van der Waals surface area contributed by atoms with Gasteiger partial charge in [0.15, 0.2) is 11.6 Å². The molecule has 0 unspecified atom stereocenters. The number of nitrogens with two attached hydrogens (primary N) is 1. The quantitative estimate of drug-likeness (QED) is 0.752. The fraction of sp³-hybridized carbons (Fsp3) is 0.0909. The fourth-order valence-electron chi connectivity index (χ4n) is 1.59. The summed E-state index contributed by atoms with van der Waals surface area (Å²) < 4.78 is 20.5. The zero-order chi connectivity index (χ0) is 13.2. The summed E-state index contributed by atoms with van der Waals surface area (Å²) in [5.74, 6) is -0.225. The number of ether oxygens (including phenoxy) is 1. The zero-order valence-electron chi connectivity index (χ0n) is 9.69. The van der Waals surface area contributed by atoms with E-state index in [0.29, 0.717) is 11.2 Å². The topological polar surface area (TPSA) is 91.2 Å². The highest BCUT2D eigenvalue weighted by Gasteiger charge is 2.10. The van der Waals surface area contributed by atoms with Crippen LogP contribution in [0.3, 0.4) is 0 Å². The first-order valence-electron chi connectivity index (χ1n) is 5.46. The lowest BCUT2D eigenvalue weighted by molar-refractivity contribution is 0.411. The molecule has 8 heteroatoms. The number of hydrogen-bond acceptors (Lipinski definition) is 6. The fourth-order valence-corrected chi connectivity index (χ4v) is 1.59. The van der Waals surface area contributed by atoms with Gasteiger partial charge in [0, 0.05) is 6.54 Å². The van der Waals surface area contributed by atoms with Gasteiger partial charge in [0.05, 0.1) is 12.4 Å². The molecule has 0 fully saturated rings. The average Bonchev–Trinajstić information content (AvgIpc) is 2.90. The number of halogens is 1. The standard InChI is InChI=1S/C11H9FN6O/c12-8-3-7(4-13)1-2-9(8)19-11-6-14-5-10-15-16-17-18(10)11/h1-3,5-6H,4,13H2. The van der Waals surface area contributed by atoms with Gasteiger partial charge in [-0.2, -0.15) is 4.52 Å². The maximum atomic E-state index is 13.8. The molecule has 0 saturated carbocycles. The highest BCUT2D eigenvalue weighted by atomic mass is 19.1. The first-order chi connectivity index (χ1) is 9.28. The molecule has 1 aromatic carbocycles. The second-order valence-electron chi connectivity index (χ2n) is 3.77. The molecule has 3 aromatic rings. The Hall–Kier alpha value is -2.61. The second-order valence-corrected chi connectivity index (χ2v) is 3.77. The lowest BCUT2D eigenvalue weighted by Crippen LogP contribution is -2.00. The Morgan fingerprint density at radius 3 is 3.00 bits per heavy atom. The van der Waals surface area contributed by atoms with Crippen molar-refractivity contribution in [3.8, 4) is 11.6 Å². The zero-order valence-corrected chi connectivity index (χ0v) is 9.69. The Bertz CT molecular complexity index is 728. The van der Waals surface area contributed by atoms with Gasteiger partial charge in [0.2, 0.25) is 11.5 Å². The number of nitrogens with zero attached hydrogens (tertiary/aromatic N) is 5. The van der Waals surface area contributed by atoms with Crippen LogP contribution in [0.5, 0.6) is 11.6 Å². The molecule has 0 amide bonds. The molecule has 0 bridgehead atoms. The van der Waals surface area contributed by atoms with Crippen LogP contribution in [0.15, 0.2) is 30.6 Å². The van der Waals surface area contributed by atoms with Crippen LogP contribution in [0.4, 0.5) is 4.39 Å². The number of rotatable bonds is 3. The number of fused-ring (bicyclic) bond motifs is 1. The van der Waals surface area contributed by atoms with Crippen molar-refractivity contribution in [2.75, 3.05) is 0 Å². The monoisotopic (exact) mass is 260 g/mol. The van der Waals surface area contributed by atoms with Crippen molar-refractivity contribution in [2.45, 2.75) is 6.54 Å². The Labute approximate surface area is 106 Å². The Balaban J connectivity index is 1.99. The number of tetrazole rings is 1. The van der Waals surface area contributed by atoms with Gasteiger partial charge in [-0.15, -0.1) is 5.10 Å². The molecule has 0 aliphatic heterocycles. The number of hydrogen-bond donors (Lipinski definition) is 1. The van der Waals surface area contributed by atoms with E-state index in [1.807, 2.05) is 0 Å². The van der Waals surface area contributed by atoms with Crippen LogP contribution in [-0.2, 0) is 6.54 Å². The van der Waals surface area contributed by atoms with Crippen molar-refractivity contribution in [1.82, 2.24) is 25.0 Å². The molecule has 0 radical (unpaired) electrons. The molecular weight excluding hydrogens is 251 g/mol.